The second kappa shape index (κ2) is 6.29. The molecule has 0 unspecified atom stereocenters. The molecule has 0 bridgehead atoms. The maximum absolute atomic E-state index is 9.51. The number of benzene rings is 1. The first-order chi connectivity index (χ1) is 9.51. The Balaban J connectivity index is 2.10. The SMILES string of the molecule is CCn1nc(C)cc1COc1ccc([C@@H](C)O)cc1Cl. The topological polar surface area (TPSA) is 47.3 Å². The summed E-state index contributed by atoms with van der Waals surface area (Å²) in [6.45, 7) is 6.93. The smallest absolute Gasteiger partial charge is 0.138 e. The fourth-order valence-corrected chi connectivity index (χ4v) is 2.28. The van der Waals surface area contributed by atoms with Crippen LogP contribution < -0.4 is 4.74 Å². The van der Waals surface area contributed by atoms with Gasteiger partial charge in [-0.3, -0.25) is 4.68 Å². The molecule has 1 aromatic carbocycles. The van der Waals surface area contributed by atoms with E-state index in [0.29, 0.717) is 17.4 Å². The first-order valence-corrected chi connectivity index (χ1v) is 7.02. The number of aliphatic hydroxyl groups excluding tert-OH is 1. The van der Waals surface area contributed by atoms with Gasteiger partial charge in [0.1, 0.15) is 12.4 Å². The van der Waals surface area contributed by atoms with Gasteiger partial charge in [0.2, 0.25) is 0 Å². The average Bonchev–Trinajstić information content (AvgIpc) is 2.77. The third-order valence-electron chi connectivity index (χ3n) is 3.10. The van der Waals surface area contributed by atoms with E-state index in [9.17, 15) is 5.11 Å². The lowest BCUT2D eigenvalue weighted by molar-refractivity contribution is 0.199. The summed E-state index contributed by atoms with van der Waals surface area (Å²) in [4.78, 5) is 0. The molecular formula is C15H19ClN2O2. The van der Waals surface area contributed by atoms with Gasteiger partial charge in [-0.1, -0.05) is 17.7 Å². The van der Waals surface area contributed by atoms with Crippen molar-refractivity contribution in [3.8, 4) is 5.75 Å². The van der Waals surface area contributed by atoms with Gasteiger partial charge in [0.15, 0.2) is 0 Å². The van der Waals surface area contributed by atoms with Crippen LogP contribution in [-0.2, 0) is 13.2 Å². The molecule has 5 heteroatoms. The van der Waals surface area contributed by atoms with Crippen molar-refractivity contribution >= 4 is 11.6 Å². The highest BCUT2D eigenvalue weighted by Crippen LogP contribution is 2.28. The van der Waals surface area contributed by atoms with E-state index in [1.54, 1.807) is 19.1 Å². The maximum atomic E-state index is 9.51. The first kappa shape index (κ1) is 14.9. The van der Waals surface area contributed by atoms with Crippen molar-refractivity contribution < 1.29 is 9.84 Å². The van der Waals surface area contributed by atoms with Crippen LogP contribution in [0.4, 0.5) is 0 Å². The van der Waals surface area contributed by atoms with E-state index in [1.165, 1.54) is 0 Å². The van der Waals surface area contributed by atoms with E-state index in [4.69, 9.17) is 16.3 Å². The van der Waals surface area contributed by atoms with Crippen LogP contribution in [0.15, 0.2) is 24.3 Å². The number of hydrogen-bond donors (Lipinski definition) is 1. The number of ether oxygens (including phenoxy) is 1. The van der Waals surface area contributed by atoms with Gasteiger partial charge in [-0.05, 0) is 44.5 Å². The summed E-state index contributed by atoms with van der Waals surface area (Å²) in [5.74, 6) is 0.609. The lowest BCUT2D eigenvalue weighted by Gasteiger charge is -2.11. The van der Waals surface area contributed by atoms with Crippen LogP contribution >= 0.6 is 11.6 Å². The number of nitrogens with zero attached hydrogens (tertiary/aromatic N) is 2. The van der Waals surface area contributed by atoms with Gasteiger partial charge < -0.3 is 9.84 Å². The van der Waals surface area contributed by atoms with Gasteiger partial charge in [-0.2, -0.15) is 5.10 Å². The van der Waals surface area contributed by atoms with Crippen molar-refractivity contribution in [3.63, 3.8) is 0 Å². The van der Waals surface area contributed by atoms with Crippen molar-refractivity contribution in [2.45, 2.75) is 40.0 Å². The van der Waals surface area contributed by atoms with Crippen molar-refractivity contribution in [2.75, 3.05) is 0 Å². The minimum atomic E-state index is -0.536. The van der Waals surface area contributed by atoms with Crippen LogP contribution in [-0.4, -0.2) is 14.9 Å². The van der Waals surface area contributed by atoms with Gasteiger partial charge in [0.05, 0.1) is 22.5 Å². The second-order valence-electron chi connectivity index (χ2n) is 4.75. The third-order valence-corrected chi connectivity index (χ3v) is 3.39. The number of aryl methyl sites for hydroxylation is 2. The highest BCUT2D eigenvalue weighted by atomic mass is 35.5. The zero-order valence-corrected chi connectivity index (χ0v) is 12.7. The Morgan fingerprint density at radius 2 is 2.15 bits per heavy atom. The molecule has 0 aliphatic heterocycles. The van der Waals surface area contributed by atoms with Crippen LogP contribution in [0.5, 0.6) is 5.75 Å². The molecule has 1 heterocycles. The van der Waals surface area contributed by atoms with Crippen LogP contribution in [0, 0.1) is 6.92 Å². The summed E-state index contributed by atoms with van der Waals surface area (Å²) in [5, 5.41) is 14.4. The Bertz CT molecular complexity index is 594. The van der Waals surface area contributed by atoms with Crippen LogP contribution in [0.25, 0.3) is 0 Å². The number of aliphatic hydroxyl groups is 1. The van der Waals surface area contributed by atoms with Gasteiger partial charge >= 0.3 is 0 Å². The normalized spacial score (nSPS) is 12.4. The average molecular weight is 295 g/mol. The summed E-state index contributed by atoms with van der Waals surface area (Å²) < 4.78 is 7.65. The van der Waals surface area contributed by atoms with Crippen LogP contribution in [0.3, 0.4) is 0 Å². The Hall–Kier alpha value is -1.52. The molecule has 1 N–H and O–H groups in total. The van der Waals surface area contributed by atoms with Crippen molar-refractivity contribution in [1.82, 2.24) is 9.78 Å². The van der Waals surface area contributed by atoms with E-state index >= 15 is 0 Å². The number of aromatic nitrogens is 2. The summed E-state index contributed by atoms with van der Waals surface area (Å²) in [6.07, 6.45) is -0.536. The minimum absolute atomic E-state index is 0.419. The van der Waals surface area contributed by atoms with Gasteiger partial charge in [-0.25, -0.2) is 0 Å². The van der Waals surface area contributed by atoms with Crippen LogP contribution in [0.2, 0.25) is 5.02 Å². The van der Waals surface area contributed by atoms with Crippen LogP contribution in [0.1, 0.15) is 36.9 Å². The molecule has 2 rings (SSSR count). The second-order valence-corrected chi connectivity index (χ2v) is 5.15. The Labute approximate surface area is 123 Å². The summed E-state index contributed by atoms with van der Waals surface area (Å²) >= 11 is 6.16. The quantitative estimate of drug-likeness (QED) is 0.918. The van der Waals surface area contributed by atoms with E-state index in [2.05, 4.69) is 5.10 Å². The Morgan fingerprint density at radius 3 is 2.75 bits per heavy atom. The van der Waals surface area contributed by atoms with E-state index in [0.717, 1.165) is 23.5 Å². The van der Waals surface area contributed by atoms with Crippen molar-refractivity contribution in [2.24, 2.45) is 0 Å². The molecule has 20 heavy (non-hydrogen) atoms. The lowest BCUT2D eigenvalue weighted by atomic mass is 10.1. The summed E-state index contributed by atoms with van der Waals surface area (Å²) in [5.41, 5.74) is 2.76. The predicted octanol–water partition coefficient (Wildman–Crippen LogP) is 3.50. The molecule has 0 spiro atoms. The molecule has 0 radical (unpaired) electrons. The zero-order valence-electron chi connectivity index (χ0n) is 11.9. The molecule has 2 aromatic rings. The van der Waals surface area contributed by atoms with Gasteiger partial charge in [0.25, 0.3) is 0 Å². The Morgan fingerprint density at radius 1 is 1.40 bits per heavy atom. The fraction of sp³-hybridized carbons (Fsp3) is 0.400. The third kappa shape index (κ3) is 3.32. The molecule has 0 amide bonds. The highest BCUT2D eigenvalue weighted by Gasteiger charge is 2.09. The molecule has 4 nitrogen and oxygen atoms in total. The van der Waals surface area contributed by atoms with Gasteiger partial charge in [-0.15, -0.1) is 0 Å². The zero-order chi connectivity index (χ0) is 14.7. The molecule has 1 aromatic heterocycles. The standard InChI is InChI=1S/C15H19ClN2O2/c1-4-18-13(7-10(2)17-18)9-20-15-6-5-12(11(3)19)8-14(15)16/h5-8,11,19H,4,9H2,1-3H3/t11-/m1/s1. The first-order valence-electron chi connectivity index (χ1n) is 6.65. The molecule has 108 valence electrons. The minimum Gasteiger partial charge on any atom is -0.486 e. The molecule has 1 atom stereocenters. The summed E-state index contributed by atoms with van der Waals surface area (Å²) in [7, 11) is 0. The van der Waals surface area contributed by atoms with E-state index in [-0.39, 0.29) is 0 Å². The number of halogens is 1. The van der Waals surface area contributed by atoms with E-state index < -0.39 is 6.10 Å². The van der Waals surface area contributed by atoms with Crippen molar-refractivity contribution in [3.05, 3.63) is 46.2 Å². The fourth-order valence-electron chi connectivity index (χ4n) is 2.03. The molecule has 0 fully saturated rings. The van der Waals surface area contributed by atoms with Crippen molar-refractivity contribution in [1.29, 1.82) is 0 Å². The monoisotopic (exact) mass is 294 g/mol. The molecule has 0 aliphatic rings. The Kier molecular flexibility index (Phi) is 4.68. The lowest BCUT2D eigenvalue weighted by Crippen LogP contribution is -2.06. The largest absolute Gasteiger partial charge is 0.486 e. The highest BCUT2D eigenvalue weighted by molar-refractivity contribution is 6.32. The number of rotatable bonds is 5. The summed E-state index contributed by atoms with van der Waals surface area (Å²) in [6, 6.07) is 7.32. The maximum Gasteiger partial charge on any atom is 0.138 e. The molecule has 0 saturated heterocycles. The number of hydrogen-bond acceptors (Lipinski definition) is 3. The molecular weight excluding hydrogens is 276 g/mol. The van der Waals surface area contributed by atoms with Gasteiger partial charge in [0, 0.05) is 6.54 Å². The molecule has 0 aliphatic carbocycles. The van der Waals surface area contributed by atoms with E-state index in [1.807, 2.05) is 30.7 Å². The molecule has 0 saturated carbocycles. The predicted molar refractivity (Wildman–Crippen MR) is 79.1 cm³/mol.